The van der Waals surface area contributed by atoms with Gasteiger partial charge in [0.2, 0.25) is 0 Å². The van der Waals surface area contributed by atoms with Gasteiger partial charge in [-0.2, -0.15) is 0 Å². The third-order valence-electron chi connectivity index (χ3n) is 13.6. The van der Waals surface area contributed by atoms with Gasteiger partial charge in [0.1, 0.15) is 0 Å². The maximum atomic E-state index is 2.59. The Morgan fingerprint density at radius 1 is 0.610 bits per heavy atom. The van der Waals surface area contributed by atoms with Crippen molar-refractivity contribution in [1.82, 2.24) is 0 Å². The van der Waals surface area contributed by atoms with E-state index in [1.54, 1.807) is 5.57 Å². The summed E-state index contributed by atoms with van der Waals surface area (Å²) in [4.78, 5) is 0. The summed E-state index contributed by atoms with van der Waals surface area (Å²) in [5.41, 5.74) is 20.9. The summed E-state index contributed by atoms with van der Waals surface area (Å²) in [5.74, 6) is 1.40. The van der Waals surface area contributed by atoms with E-state index in [4.69, 9.17) is 0 Å². The lowest BCUT2D eigenvalue weighted by Crippen LogP contribution is -2.33. The van der Waals surface area contributed by atoms with Crippen LogP contribution in [0.25, 0.3) is 33.4 Å². The van der Waals surface area contributed by atoms with Gasteiger partial charge in [-0.25, -0.2) is 0 Å². The summed E-state index contributed by atoms with van der Waals surface area (Å²) in [6.45, 7) is 16.4. The summed E-state index contributed by atoms with van der Waals surface area (Å²) in [7, 11) is 0. The number of allylic oxidation sites excluding steroid dienone is 2. The maximum Gasteiger partial charge on any atom is 0.0152 e. The number of hydrogen-bond acceptors (Lipinski definition) is 0. The summed E-state index contributed by atoms with van der Waals surface area (Å²) < 4.78 is 0. The zero-order chi connectivity index (χ0) is 41.1. The van der Waals surface area contributed by atoms with Crippen molar-refractivity contribution in [2.24, 2.45) is 0 Å². The average molecular weight is 769 g/mol. The molecule has 0 N–H and O–H groups in total. The molecule has 0 amide bonds. The van der Waals surface area contributed by atoms with E-state index in [1.165, 1.54) is 77.9 Å². The van der Waals surface area contributed by atoms with Crippen molar-refractivity contribution < 1.29 is 0 Å². The van der Waals surface area contributed by atoms with Gasteiger partial charge in [0, 0.05) is 17.3 Å². The van der Waals surface area contributed by atoms with Crippen molar-refractivity contribution >= 4 is 0 Å². The zero-order valence-electron chi connectivity index (χ0n) is 36.2. The van der Waals surface area contributed by atoms with Crippen LogP contribution in [-0.2, 0) is 11.8 Å². The van der Waals surface area contributed by atoms with Crippen LogP contribution < -0.4 is 0 Å². The van der Waals surface area contributed by atoms with Gasteiger partial charge in [-0.3, -0.25) is 0 Å². The molecule has 0 nitrogen and oxygen atoms in total. The standard InChI is InChI=1S/C52H52.C7H8/c1-7-17-46-50-36(5)48-32-40(39-27-26-35(4)47(31-39)45-25-15-14-23-43(45)34(3)8-2)28-29-49(48)52(6,33-42-20-12-13-24-44(42)50)51(46)41-22-16-21-38(30-41)37-18-10-9-11-19-37;1-7-5-3-2-4-6-7/h9-32,34,36,50-51H,7-8,33H2,1-6H3;2-6H,1H3/b46-17+;. The van der Waals surface area contributed by atoms with Gasteiger partial charge in [-0.1, -0.05) is 216 Å². The second-order valence-corrected chi connectivity index (χ2v) is 17.5. The molecule has 0 radical (unpaired) electrons. The molecule has 0 heterocycles. The van der Waals surface area contributed by atoms with E-state index in [2.05, 4.69) is 206 Å². The molecule has 5 atom stereocenters. The fourth-order valence-corrected chi connectivity index (χ4v) is 10.4. The van der Waals surface area contributed by atoms with E-state index < -0.39 is 0 Å². The number of benzene rings is 7. The Morgan fingerprint density at radius 2 is 1.25 bits per heavy atom. The van der Waals surface area contributed by atoms with Crippen LogP contribution >= 0.6 is 0 Å². The van der Waals surface area contributed by atoms with Gasteiger partial charge in [0.05, 0.1) is 0 Å². The van der Waals surface area contributed by atoms with Crippen LogP contribution in [-0.4, -0.2) is 0 Å². The lowest BCUT2D eigenvalue weighted by atomic mass is 9.63. The van der Waals surface area contributed by atoms with Gasteiger partial charge in [0.15, 0.2) is 0 Å². The third kappa shape index (κ3) is 7.79. The molecule has 7 aromatic carbocycles. The van der Waals surface area contributed by atoms with E-state index in [0.717, 1.165) is 19.3 Å². The fraction of sp³-hybridized carbons (Fsp3) is 0.254. The molecule has 0 heteroatoms. The Kier molecular flexibility index (Phi) is 11.7. The van der Waals surface area contributed by atoms with Crippen LogP contribution in [0.1, 0.15) is 116 Å². The van der Waals surface area contributed by atoms with Crippen molar-refractivity contribution in [2.75, 3.05) is 0 Å². The molecule has 296 valence electrons. The number of rotatable bonds is 7. The van der Waals surface area contributed by atoms with E-state index in [-0.39, 0.29) is 11.3 Å². The first-order valence-electron chi connectivity index (χ1n) is 22.0. The Morgan fingerprint density at radius 3 is 1.98 bits per heavy atom. The van der Waals surface area contributed by atoms with E-state index in [0.29, 0.717) is 17.8 Å². The summed E-state index contributed by atoms with van der Waals surface area (Å²) in [5, 5.41) is 0. The molecule has 9 rings (SSSR count). The van der Waals surface area contributed by atoms with Crippen LogP contribution in [0.4, 0.5) is 0 Å². The van der Waals surface area contributed by atoms with Crippen LogP contribution in [0.2, 0.25) is 0 Å². The summed E-state index contributed by atoms with van der Waals surface area (Å²) in [6, 6.07) is 63.6. The summed E-state index contributed by atoms with van der Waals surface area (Å²) in [6.07, 6.45) is 5.77. The zero-order valence-corrected chi connectivity index (χ0v) is 36.2. The van der Waals surface area contributed by atoms with E-state index >= 15 is 0 Å². The largest absolute Gasteiger partial charge is 0.0843 e. The molecule has 5 unspecified atom stereocenters. The van der Waals surface area contributed by atoms with E-state index in [9.17, 15) is 0 Å². The molecule has 0 spiro atoms. The molecule has 2 bridgehead atoms. The van der Waals surface area contributed by atoms with Gasteiger partial charge in [-0.05, 0) is 123 Å². The van der Waals surface area contributed by atoms with E-state index in [1.807, 2.05) is 18.2 Å². The van der Waals surface area contributed by atoms with Crippen molar-refractivity contribution in [3.8, 4) is 33.4 Å². The first-order chi connectivity index (χ1) is 28.7. The smallest absolute Gasteiger partial charge is 0.0152 e. The van der Waals surface area contributed by atoms with Crippen LogP contribution in [0, 0.1) is 13.8 Å². The maximum absolute atomic E-state index is 2.59. The minimum absolute atomic E-state index is 0.131. The molecular weight excluding hydrogens is 709 g/mol. The van der Waals surface area contributed by atoms with Gasteiger partial charge < -0.3 is 0 Å². The predicted octanol–water partition coefficient (Wildman–Crippen LogP) is 16.3. The second-order valence-electron chi connectivity index (χ2n) is 17.5. The first-order valence-corrected chi connectivity index (χ1v) is 22.0. The number of fused-ring (bicyclic) bond motifs is 7. The highest BCUT2D eigenvalue weighted by molar-refractivity contribution is 5.78. The highest BCUT2D eigenvalue weighted by Gasteiger charge is 2.50. The molecule has 7 aromatic rings. The molecule has 0 saturated heterocycles. The van der Waals surface area contributed by atoms with Gasteiger partial charge >= 0.3 is 0 Å². The Balaban J connectivity index is 0.000000628. The Labute approximate surface area is 354 Å². The molecule has 0 aliphatic heterocycles. The van der Waals surface area contributed by atoms with Crippen molar-refractivity contribution in [1.29, 1.82) is 0 Å². The molecular formula is C59H60. The Bertz CT molecular complexity index is 2570. The number of aryl methyl sites for hydroxylation is 2. The quantitative estimate of drug-likeness (QED) is 0.142. The van der Waals surface area contributed by atoms with Crippen LogP contribution in [0.15, 0.2) is 182 Å². The normalized spacial score (nSPS) is 20.4. The van der Waals surface area contributed by atoms with Gasteiger partial charge in [0.25, 0.3) is 0 Å². The molecule has 0 fully saturated rings. The topological polar surface area (TPSA) is 0 Å². The fourth-order valence-electron chi connectivity index (χ4n) is 10.4. The molecule has 2 aliphatic rings. The number of hydrogen-bond donors (Lipinski definition) is 0. The van der Waals surface area contributed by atoms with Crippen molar-refractivity contribution in [2.45, 2.75) is 96.8 Å². The van der Waals surface area contributed by atoms with Crippen molar-refractivity contribution in [3.63, 3.8) is 0 Å². The minimum Gasteiger partial charge on any atom is -0.0843 e. The average Bonchev–Trinajstić information content (AvgIpc) is 3.43. The summed E-state index contributed by atoms with van der Waals surface area (Å²) >= 11 is 0. The van der Waals surface area contributed by atoms with Crippen molar-refractivity contribution in [3.05, 3.63) is 226 Å². The molecule has 0 aromatic heterocycles. The highest BCUT2D eigenvalue weighted by atomic mass is 14.5. The van der Waals surface area contributed by atoms with Crippen LogP contribution in [0.5, 0.6) is 0 Å². The molecule has 59 heavy (non-hydrogen) atoms. The highest BCUT2D eigenvalue weighted by Crippen LogP contribution is 2.61. The molecule has 0 saturated carbocycles. The lowest BCUT2D eigenvalue weighted by Gasteiger charge is -2.39. The first kappa shape index (κ1) is 40.1. The van der Waals surface area contributed by atoms with Gasteiger partial charge in [-0.15, -0.1) is 0 Å². The Hall–Kier alpha value is -5.72. The molecule has 2 aliphatic carbocycles. The SMILES string of the molecule is CC/C=C1\C2c3ccccc3CC(C)(c3ccc(-c4ccc(C)c(-c5ccccc5C(C)CC)c4)cc3C2C)C1c1cccc(-c2ccccc2)c1.Cc1ccccc1. The third-order valence-corrected chi connectivity index (χ3v) is 13.6. The monoisotopic (exact) mass is 768 g/mol. The minimum atomic E-state index is -0.131. The van der Waals surface area contributed by atoms with Crippen LogP contribution in [0.3, 0.4) is 0 Å². The predicted molar refractivity (Wildman–Crippen MR) is 254 cm³/mol. The lowest BCUT2D eigenvalue weighted by molar-refractivity contribution is 0.412. The second kappa shape index (κ2) is 17.2.